The number of hydrogen-bond acceptors (Lipinski definition) is 4. The van der Waals surface area contributed by atoms with E-state index in [0.717, 1.165) is 0 Å². The molecule has 1 aromatic heterocycles. The SMILES string of the molecule is CCOC(=O)c1nc(NC(C)=O)ccc1Br. The highest BCUT2D eigenvalue weighted by Crippen LogP contribution is 2.18. The Morgan fingerprint density at radius 3 is 2.75 bits per heavy atom. The summed E-state index contributed by atoms with van der Waals surface area (Å²) < 4.78 is 5.35. The molecule has 1 rings (SSSR count). The first-order chi connectivity index (χ1) is 7.54. The van der Waals surface area contributed by atoms with Gasteiger partial charge in [0.2, 0.25) is 5.91 Å². The molecule has 1 aromatic rings. The molecule has 0 spiro atoms. The lowest BCUT2D eigenvalue weighted by Crippen LogP contribution is -2.12. The molecular weight excluding hydrogens is 276 g/mol. The fraction of sp³-hybridized carbons (Fsp3) is 0.300. The first-order valence-corrected chi connectivity index (χ1v) is 5.45. The highest BCUT2D eigenvalue weighted by atomic mass is 79.9. The molecule has 0 aliphatic heterocycles. The van der Waals surface area contributed by atoms with Gasteiger partial charge >= 0.3 is 5.97 Å². The zero-order chi connectivity index (χ0) is 12.1. The Labute approximate surface area is 101 Å². The third kappa shape index (κ3) is 3.30. The quantitative estimate of drug-likeness (QED) is 0.863. The number of nitrogens with zero attached hydrogens (tertiary/aromatic N) is 1. The lowest BCUT2D eigenvalue weighted by molar-refractivity contribution is -0.114. The smallest absolute Gasteiger partial charge is 0.358 e. The molecule has 0 radical (unpaired) electrons. The van der Waals surface area contributed by atoms with Crippen LogP contribution in [0.15, 0.2) is 16.6 Å². The summed E-state index contributed by atoms with van der Waals surface area (Å²) in [5.74, 6) is -0.454. The molecule has 0 fully saturated rings. The van der Waals surface area contributed by atoms with E-state index in [1.54, 1.807) is 19.1 Å². The van der Waals surface area contributed by atoms with Gasteiger partial charge in [0.15, 0.2) is 5.69 Å². The maximum Gasteiger partial charge on any atom is 0.358 e. The van der Waals surface area contributed by atoms with Gasteiger partial charge in [0.1, 0.15) is 5.82 Å². The van der Waals surface area contributed by atoms with E-state index < -0.39 is 5.97 Å². The summed E-state index contributed by atoms with van der Waals surface area (Å²) in [5, 5.41) is 2.49. The van der Waals surface area contributed by atoms with Crippen molar-refractivity contribution in [1.29, 1.82) is 0 Å². The summed E-state index contributed by atoms with van der Waals surface area (Å²) in [5.41, 5.74) is 0.146. The maximum absolute atomic E-state index is 11.5. The molecule has 0 aromatic carbocycles. The molecular formula is C10H11BrN2O3. The molecule has 0 aliphatic rings. The minimum absolute atomic E-state index is 0.146. The molecule has 1 heterocycles. The average molecular weight is 287 g/mol. The molecule has 5 nitrogen and oxygen atoms in total. The second-order valence-corrected chi connectivity index (χ2v) is 3.78. The van der Waals surface area contributed by atoms with Crippen molar-refractivity contribution in [2.75, 3.05) is 11.9 Å². The topological polar surface area (TPSA) is 68.3 Å². The van der Waals surface area contributed by atoms with Crippen LogP contribution in [0.3, 0.4) is 0 Å². The second-order valence-electron chi connectivity index (χ2n) is 2.93. The van der Waals surface area contributed by atoms with E-state index in [9.17, 15) is 9.59 Å². The van der Waals surface area contributed by atoms with Gasteiger partial charge in [-0.2, -0.15) is 0 Å². The molecule has 0 bridgehead atoms. The van der Waals surface area contributed by atoms with Crippen molar-refractivity contribution < 1.29 is 14.3 Å². The van der Waals surface area contributed by atoms with Crippen LogP contribution < -0.4 is 5.32 Å². The molecule has 0 unspecified atom stereocenters. The fourth-order valence-electron chi connectivity index (χ4n) is 1.03. The number of pyridine rings is 1. The first-order valence-electron chi connectivity index (χ1n) is 4.66. The van der Waals surface area contributed by atoms with Gasteiger partial charge in [0.25, 0.3) is 0 Å². The van der Waals surface area contributed by atoms with Crippen molar-refractivity contribution >= 4 is 33.6 Å². The Balaban J connectivity index is 2.98. The van der Waals surface area contributed by atoms with Crippen LogP contribution in [-0.2, 0) is 9.53 Å². The van der Waals surface area contributed by atoms with Gasteiger partial charge in [0, 0.05) is 6.92 Å². The molecule has 0 atom stereocenters. The van der Waals surface area contributed by atoms with Crippen LogP contribution >= 0.6 is 15.9 Å². The van der Waals surface area contributed by atoms with Gasteiger partial charge < -0.3 is 10.1 Å². The molecule has 16 heavy (non-hydrogen) atoms. The Kier molecular flexibility index (Phi) is 4.42. The monoisotopic (exact) mass is 286 g/mol. The molecule has 1 amide bonds. The van der Waals surface area contributed by atoms with Crippen molar-refractivity contribution in [3.05, 3.63) is 22.3 Å². The van der Waals surface area contributed by atoms with Crippen molar-refractivity contribution in [3.8, 4) is 0 Å². The number of hydrogen-bond donors (Lipinski definition) is 1. The van der Waals surface area contributed by atoms with Crippen LogP contribution in [0.5, 0.6) is 0 Å². The number of ether oxygens (including phenoxy) is 1. The normalized spacial score (nSPS) is 9.69. The largest absolute Gasteiger partial charge is 0.461 e. The summed E-state index contributed by atoms with van der Waals surface area (Å²) in [6.07, 6.45) is 0. The summed E-state index contributed by atoms with van der Waals surface area (Å²) >= 11 is 3.19. The van der Waals surface area contributed by atoms with Gasteiger partial charge in [-0.05, 0) is 35.0 Å². The van der Waals surface area contributed by atoms with Gasteiger partial charge in [-0.3, -0.25) is 4.79 Å². The lowest BCUT2D eigenvalue weighted by atomic mass is 10.3. The minimum atomic E-state index is -0.526. The highest BCUT2D eigenvalue weighted by molar-refractivity contribution is 9.10. The van der Waals surface area contributed by atoms with E-state index in [0.29, 0.717) is 10.3 Å². The second kappa shape index (κ2) is 5.60. The Hall–Kier alpha value is -1.43. The van der Waals surface area contributed by atoms with Crippen molar-refractivity contribution in [2.45, 2.75) is 13.8 Å². The number of carbonyl (C=O) groups is 2. The molecule has 0 saturated carbocycles. The average Bonchev–Trinajstić information content (AvgIpc) is 2.20. The maximum atomic E-state index is 11.5. The number of nitrogens with one attached hydrogen (secondary N) is 1. The lowest BCUT2D eigenvalue weighted by Gasteiger charge is -2.06. The van der Waals surface area contributed by atoms with Gasteiger partial charge in [-0.25, -0.2) is 9.78 Å². The fourth-order valence-corrected chi connectivity index (χ4v) is 1.42. The van der Waals surface area contributed by atoms with Crippen LogP contribution in [-0.4, -0.2) is 23.5 Å². The zero-order valence-corrected chi connectivity index (χ0v) is 10.5. The van der Waals surface area contributed by atoms with E-state index in [4.69, 9.17) is 4.74 Å². The summed E-state index contributed by atoms with van der Waals surface area (Å²) in [7, 11) is 0. The van der Waals surface area contributed by atoms with Crippen molar-refractivity contribution in [1.82, 2.24) is 4.98 Å². The number of amides is 1. The zero-order valence-electron chi connectivity index (χ0n) is 8.91. The number of aromatic nitrogens is 1. The Morgan fingerprint density at radius 1 is 1.50 bits per heavy atom. The van der Waals surface area contributed by atoms with Crippen LogP contribution in [0.4, 0.5) is 5.82 Å². The van der Waals surface area contributed by atoms with Gasteiger partial charge in [-0.1, -0.05) is 0 Å². The Morgan fingerprint density at radius 2 is 2.19 bits per heavy atom. The third-order valence-electron chi connectivity index (χ3n) is 1.62. The predicted octanol–water partition coefficient (Wildman–Crippen LogP) is 1.98. The molecule has 6 heteroatoms. The number of rotatable bonds is 3. The molecule has 86 valence electrons. The van der Waals surface area contributed by atoms with Crippen molar-refractivity contribution in [2.24, 2.45) is 0 Å². The number of carbonyl (C=O) groups excluding carboxylic acids is 2. The summed E-state index contributed by atoms with van der Waals surface area (Å²) in [4.78, 5) is 26.3. The van der Waals surface area contributed by atoms with E-state index >= 15 is 0 Å². The van der Waals surface area contributed by atoms with Crippen LogP contribution in [0.25, 0.3) is 0 Å². The van der Waals surface area contributed by atoms with Gasteiger partial charge in [-0.15, -0.1) is 0 Å². The third-order valence-corrected chi connectivity index (χ3v) is 2.26. The van der Waals surface area contributed by atoms with Crippen LogP contribution in [0, 0.1) is 0 Å². The van der Waals surface area contributed by atoms with Crippen LogP contribution in [0.1, 0.15) is 24.3 Å². The minimum Gasteiger partial charge on any atom is -0.461 e. The number of esters is 1. The highest BCUT2D eigenvalue weighted by Gasteiger charge is 2.14. The standard InChI is InChI=1S/C10H11BrN2O3/c1-3-16-10(15)9-7(11)4-5-8(13-9)12-6(2)14/h4-5H,3H2,1-2H3,(H,12,13,14). The number of halogens is 1. The first kappa shape index (κ1) is 12.6. The summed E-state index contributed by atoms with van der Waals surface area (Å²) in [6, 6.07) is 3.22. The van der Waals surface area contributed by atoms with E-state index in [2.05, 4.69) is 26.2 Å². The summed E-state index contributed by atoms with van der Waals surface area (Å²) in [6.45, 7) is 3.36. The molecule has 0 aliphatic carbocycles. The van der Waals surface area contributed by atoms with Crippen LogP contribution in [0.2, 0.25) is 0 Å². The van der Waals surface area contributed by atoms with E-state index in [1.165, 1.54) is 6.92 Å². The van der Waals surface area contributed by atoms with E-state index in [-0.39, 0.29) is 18.2 Å². The predicted molar refractivity (Wildman–Crippen MR) is 62.2 cm³/mol. The van der Waals surface area contributed by atoms with Gasteiger partial charge in [0.05, 0.1) is 11.1 Å². The van der Waals surface area contributed by atoms with Crippen molar-refractivity contribution in [3.63, 3.8) is 0 Å². The van der Waals surface area contributed by atoms with E-state index in [1.807, 2.05) is 0 Å². The number of anilines is 1. The molecule has 0 saturated heterocycles. The Bertz CT molecular complexity index is 421. The molecule has 1 N–H and O–H groups in total.